The summed E-state index contributed by atoms with van der Waals surface area (Å²) in [4.78, 5) is 32.1. The van der Waals surface area contributed by atoms with E-state index in [4.69, 9.17) is 0 Å². The van der Waals surface area contributed by atoms with E-state index >= 15 is 0 Å². The van der Waals surface area contributed by atoms with Gasteiger partial charge in [0.25, 0.3) is 11.5 Å². The molecule has 2 aromatic heterocycles. The van der Waals surface area contributed by atoms with Gasteiger partial charge in [0, 0.05) is 31.7 Å². The normalized spacial score (nSPS) is 14.9. The first-order chi connectivity index (χ1) is 17.9. The maximum Gasteiger partial charge on any atom is 0.265 e. The van der Waals surface area contributed by atoms with Crippen molar-refractivity contribution in [3.8, 4) is 5.69 Å². The molecule has 1 aliphatic heterocycles. The number of sulfonamides is 1. The predicted octanol–water partition coefficient (Wildman–Crippen LogP) is 2.54. The summed E-state index contributed by atoms with van der Waals surface area (Å²) < 4.78 is 37.6. The Morgan fingerprint density at radius 2 is 1.57 bits per heavy atom. The number of aromatic nitrogens is 4. The van der Waals surface area contributed by atoms with Crippen molar-refractivity contribution in [1.29, 1.82) is 0 Å². The zero-order valence-corrected chi connectivity index (χ0v) is 21.0. The zero-order chi connectivity index (χ0) is 25.6. The first-order valence-electron chi connectivity index (χ1n) is 11.5. The van der Waals surface area contributed by atoms with Crippen LogP contribution in [0.2, 0.25) is 0 Å². The topological polar surface area (TPSA) is 118 Å². The molecule has 3 heterocycles. The van der Waals surface area contributed by atoms with Gasteiger partial charge in [-0.2, -0.15) is 13.1 Å². The van der Waals surface area contributed by atoms with Gasteiger partial charge in [0.15, 0.2) is 0 Å². The Balaban J connectivity index is 1.17. The summed E-state index contributed by atoms with van der Waals surface area (Å²) in [5.41, 5.74) is 2.40. The Hall–Kier alpha value is -4.00. The molecule has 1 aliphatic rings. The average molecular weight is 533 g/mol. The lowest BCUT2D eigenvalue weighted by atomic mass is 10.1. The minimum atomic E-state index is -3.77. The van der Waals surface area contributed by atoms with Crippen LogP contribution in [0.1, 0.15) is 10.4 Å². The van der Waals surface area contributed by atoms with Gasteiger partial charge in [0.2, 0.25) is 10.0 Å². The van der Waals surface area contributed by atoms with Crippen LogP contribution in [-0.4, -0.2) is 68.0 Å². The number of piperazine rings is 1. The number of hydrogen-bond acceptors (Lipinski definition) is 8. The minimum Gasteiger partial charge on any atom is -0.336 e. The standard InChI is InChI=1S/C25H20N6O4S2/c32-24(17-8-10-18(11-9-17)31-16-26-20-5-2-1-4-19(20)25(31)33)29-12-14-30(15-13-29)37(34,35)22-7-3-6-21-23(22)28-36-27-21/h1-11,16H,12-15H2. The number of carbonyl (C=O) groups is 1. The predicted molar refractivity (Wildman–Crippen MR) is 139 cm³/mol. The van der Waals surface area contributed by atoms with Crippen molar-refractivity contribution in [1.82, 2.24) is 27.5 Å². The Morgan fingerprint density at radius 3 is 2.35 bits per heavy atom. The van der Waals surface area contributed by atoms with Gasteiger partial charge in [-0.3, -0.25) is 14.2 Å². The Kier molecular flexibility index (Phi) is 5.78. The summed E-state index contributed by atoms with van der Waals surface area (Å²) in [5.74, 6) is -0.196. The summed E-state index contributed by atoms with van der Waals surface area (Å²) in [6.07, 6.45) is 1.48. The SMILES string of the molecule is O=C(c1ccc(-n2cnc3ccccc3c2=O)cc1)N1CCN(S(=O)(=O)c2cccc3nsnc23)CC1. The molecule has 0 saturated carbocycles. The van der Waals surface area contributed by atoms with E-state index in [0.29, 0.717) is 33.2 Å². The van der Waals surface area contributed by atoms with E-state index in [0.717, 1.165) is 11.7 Å². The van der Waals surface area contributed by atoms with Crippen molar-refractivity contribution in [2.45, 2.75) is 4.90 Å². The highest BCUT2D eigenvalue weighted by molar-refractivity contribution is 7.89. The molecular weight excluding hydrogens is 512 g/mol. The van der Waals surface area contributed by atoms with Gasteiger partial charge in [-0.1, -0.05) is 18.2 Å². The fraction of sp³-hybridized carbons (Fsp3) is 0.160. The molecular formula is C25H20N6O4S2. The quantitative estimate of drug-likeness (QED) is 0.349. The van der Waals surface area contributed by atoms with Crippen molar-refractivity contribution in [2.75, 3.05) is 26.2 Å². The van der Waals surface area contributed by atoms with Crippen molar-refractivity contribution in [3.05, 3.63) is 89.0 Å². The number of benzene rings is 3. The van der Waals surface area contributed by atoms with E-state index in [1.54, 1.807) is 59.5 Å². The van der Waals surface area contributed by atoms with Gasteiger partial charge in [0.05, 0.1) is 28.3 Å². The summed E-state index contributed by atoms with van der Waals surface area (Å²) in [6.45, 7) is 0.884. The molecule has 0 aliphatic carbocycles. The average Bonchev–Trinajstić information content (AvgIpc) is 3.42. The molecule has 37 heavy (non-hydrogen) atoms. The van der Waals surface area contributed by atoms with E-state index < -0.39 is 10.0 Å². The van der Waals surface area contributed by atoms with Crippen molar-refractivity contribution in [3.63, 3.8) is 0 Å². The molecule has 0 bridgehead atoms. The summed E-state index contributed by atoms with van der Waals surface area (Å²) in [6, 6.07) is 18.8. The van der Waals surface area contributed by atoms with E-state index in [2.05, 4.69) is 13.7 Å². The summed E-state index contributed by atoms with van der Waals surface area (Å²) in [5, 5.41) is 0.514. The van der Waals surface area contributed by atoms with Gasteiger partial charge < -0.3 is 4.90 Å². The molecule has 10 nitrogen and oxygen atoms in total. The number of fused-ring (bicyclic) bond motifs is 2. The molecule has 5 aromatic rings. The third-order valence-electron chi connectivity index (χ3n) is 6.45. The van der Waals surface area contributed by atoms with Gasteiger partial charge in [0.1, 0.15) is 22.3 Å². The van der Waals surface area contributed by atoms with Crippen LogP contribution in [0.3, 0.4) is 0 Å². The Morgan fingerprint density at radius 1 is 0.838 bits per heavy atom. The second-order valence-electron chi connectivity index (χ2n) is 8.57. The van der Waals surface area contributed by atoms with Crippen LogP contribution in [0.25, 0.3) is 27.6 Å². The molecule has 0 unspecified atom stereocenters. The number of carbonyl (C=O) groups excluding carboxylic acids is 1. The van der Waals surface area contributed by atoms with E-state index in [9.17, 15) is 18.0 Å². The molecule has 1 fully saturated rings. The smallest absolute Gasteiger partial charge is 0.265 e. The number of rotatable bonds is 4. The molecule has 6 rings (SSSR count). The van der Waals surface area contributed by atoms with E-state index in [1.807, 2.05) is 6.07 Å². The number of hydrogen-bond donors (Lipinski definition) is 0. The molecule has 0 N–H and O–H groups in total. The van der Waals surface area contributed by atoms with E-state index in [1.165, 1.54) is 21.3 Å². The van der Waals surface area contributed by atoms with Crippen LogP contribution in [0.5, 0.6) is 0 Å². The van der Waals surface area contributed by atoms with Gasteiger partial charge in [-0.05, 0) is 48.5 Å². The lowest BCUT2D eigenvalue weighted by molar-refractivity contribution is 0.0698. The highest BCUT2D eigenvalue weighted by Gasteiger charge is 2.32. The summed E-state index contributed by atoms with van der Waals surface area (Å²) >= 11 is 0.974. The second-order valence-corrected chi connectivity index (χ2v) is 11.0. The van der Waals surface area contributed by atoms with Crippen LogP contribution in [0, 0.1) is 0 Å². The first kappa shape index (κ1) is 23.4. The highest BCUT2D eigenvalue weighted by Crippen LogP contribution is 2.25. The van der Waals surface area contributed by atoms with Crippen LogP contribution in [0.15, 0.2) is 82.7 Å². The summed E-state index contributed by atoms with van der Waals surface area (Å²) in [7, 11) is -3.77. The second kappa shape index (κ2) is 9.14. The van der Waals surface area contributed by atoms with Crippen LogP contribution in [0.4, 0.5) is 0 Å². The molecule has 0 spiro atoms. The van der Waals surface area contributed by atoms with Crippen molar-refractivity contribution >= 4 is 49.6 Å². The number of amides is 1. The maximum atomic E-state index is 13.3. The fourth-order valence-electron chi connectivity index (χ4n) is 4.46. The third kappa shape index (κ3) is 4.08. The van der Waals surface area contributed by atoms with Crippen LogP contribution < -0.4 is 5.56 Å². The maximum absolute atomic E-state index is 13.3. The van der Waals surface area contributed by atoms with Crippen LogP contribution >= 0.6 is 11.7 Å². The first-order valence-corrected chi connectivity index (χ1v) is 13.7. The molecule has 12 heteroatoms. The van der Waals surface area contributed by atoms with E-state index in [-0.39, 0.29) is 42.5 Å². The van der Waals surface area contributed by atoms with Gasteiger partial charge >= 0.3 is 0 Å². The molecule has 1 amide bonds. The minimum absolute atomic E-state index is 0.132. The van der Waals surface area contributed by atoms with Gasteiger partial charge in [-0.15, -0.1) is 0 Å². The van der Waals surface area contributed by atoms with Crippen molar-refractivity contribution < 1.29 is 13.2 Å². The fourth-order valence-corrected chi connectivity index (χ4v) is 6.64. The zero-order valence-electron chi connectivity index (χ0n) is 19.4. The van der Waals surface area contributed by atoms with Gasteiger partial charge in [-0.25, -0.2) is 13.4 Å². The molecule has 3 aromatic carbocycles. The largest absolute Gasteiger partial charge is 0.336 e. The molecule has 0 atom stereocenters. The highest BCUT2D eigenvalue weighted by atomic mass is 32.2. The number of para-hydroxylation sites is 1. The molecule has 1 saturated heterocycles. The lowest BCUT2D eigenvalue weighted by Crippen LogP contribution is -2.50. The Bertz CT molecular complexity index is 1810. The Labute approximate surface area is 215 Å². The van der Waals surface area contributed by atoms with Crippen LogP contribution in [-0.2, 0) is 10.0 Å². The monoisotopic (exact) mass is 532 g/mol. The molecule has 0 radical (unpaired) electrons. The molecule has 186 valence electrons. The lowest BCUT2D eigenvalue weighted by Gasteiger charge is -2.34. The van der Waals surface area contributed by atoms with Crippen molar-refractivity contribution in [2.24, 2.45) is 0 Å². The number of nitrogens with zero attached hydrogens (tertiary/aromatic N) is 6. The third-order valence-corrected chi connectivity index (χ3v) is 8.92.